The highest BCUT2D eigenvalue weighted by atomic mass is 16.5. The fraction of sp³-hybridized carbons (Fsp3) is 0.364. The van der Waals surface area contributed by atoms with Gasteiger partial charge in [0.25, 0.3) is 5.91 Å². The van der Waals surface area contributed by atoms with Crippen LogP contribution in [0.15, 0.2) is 54.6 Å². The van der Waals surface area contributed by atoms with E-state index in [4.69, 9.17) is 4.74 Å². The van der Waals surface area contributed by atoms with E-state index in [9.17, 15) is 4.79 Å². The Morgan fingerprint density at radius 2 is 1.72 bits per heavy atom. The monoisotopic (exact) mass is 391 g/mol. The van der Waals surface area contributed by atoms with Crippen LogP contribution >= 0.6 is 0 Å². The number of tetrazole rings is 1. The molecule has 0 spiro atoms. The van der Waals surface area contributed by atoms with Crippen molar-refractivity contribution in [2.45, 2.75) is 37.6 Å². The van der Waals surface area contributed by atoms with Crippen molar-refractivity contribution in [3.05, 3.63) is 66.0 Å². The van der Waals surface area contributed by atoms with E-state index < -0.39 is 5.54 Å². The standard InChI is InChI=1S/C22H25N5O2/c1-26(20(28)17-11-5-3-6-12-17)22(15-9-4-10-16-22)21-23-24-25-27(21)18-13-7-8-14-19(18)29-2/h3,5-8,11-14H,4,9-10,15-16H2,1-2H3. The second kappa shape index (κ2) is 8.03. The molecule has 0 radical (unpaired) electrons. The Hall–Kier alpha value is -3.22. The minimum Gasteiger partial charge on any atom is -0.494 e. The second-order valence-electron chi connectivity index (χ2n) is 7.41. The van der Waals surface area contributed by atoms with Gasteiger partial charge in [-0.2, -0.15) is 4.68 Å². The molecule has 150 valence electrons. The molecular weight excluding hydrogens is 366 g/mol. The van der Waals surface area contributed by atoms with Crippen molar-refractivity contribution in [1.29, 1.82) is 0 Å². The van der Waals surface area contributed by atoms with Gasteiger partial charge in [0.1, 0.15) is 17.0 Å². The third-order valence-corrected chi connectivity index (χ3v) is 5.85. The van der Waals surface area contributed by atoms with Crippen molar-refractivity contribution < 1.29 is 9.53 Å². The Labute approximate surface area is 170 Å². The summed E-state index contributed by atoms with van der Waals surface area (Å²) < 4.78 is 7.25. The first kappa shape index (κ1) is 19.1. The zero-order valence-electron chi connectivity index (χ0n) is 16.8. The Morgan fingerprint density at radius 1 is 1.03 bits per heavy atom. The molecule has 29 heavy (non-hydrogen) atoms. The smallest absolute Gasteiger partial charge is 0.254 e. The first-order chi connectivity index (χ1) is 14.2. The van der Waals surface area contributed by atoms with Crippen molar-refractivity contribution in [2.24, 2.45) is 0 Å². The van der Waals surface area contributed by atoms with Gasteiger partial charge in [0.15, 0.2) is 5.82 Å². The lowest BCUT2D eigenvalue weighted by atomic mass is 9.79. The van der Waals surface area contributed by atoms with Gasteiger partial charge in [-0.05, 0) is 47.5 Å². The molecule has 4 rings (SSSR count). The van der Waals surface area contributed by atoms with Crippen LogP contribution in [0, 0.1) is 0 Å². The predicted molar refractivity (Wildman–Crippen MR) is 109 cm³/mol. The number of carbonyl (C=O) groups is 1. The van der Waals surface area contributed by atoms with Crippen LogP contribution < -0.4 is 4.74 Å². The summed E-state index contributed by atoms with van der Waals surface area (Å²) in [4.78, 5) is 15.2. The van der Waals surface area contributed by atoms with E-state index in [2.05, 4.69) is 15.5 Å². The van der Waals surface area contributed by atoms with Crippen molar-refractivity contribution in [3.63, 3.8) is 0 Å². The fourth-order valence-corrected chi connectivity index (χ4v) is 4.26. The quantitative estimate of drug-likeness (QED) is 0.664. The Balaban J connectivity index is 1.81. The molecule has 0 atom stereocenters. The molecule has 1 fully saturated rings. The van der Waals surface area contributed by atoms with E-state index in [-0.39, 0.29) is 5.91 Å². The van der Waals surface area contributed by atoms with Gasteiger partial charge in [-0.3, -0.25) is 4.79 Å². The summed E-state index contributed by atoms with van der Waals surface area (Å²) in [5.74, 6) is 1.33. The van der Waals surface area contributed by atoms with E-state index in [0.717, 1.165) is 37.8 Å². The largest absolute Gasteiger partial charge is 0.494 e. The summed E-state index contributed by atoms with van der Waals surface area (Å²) in [6.07, 6.45) is 4.82. The number of ether oxygens (including phenoxy) is 1. The van der Waals surface area contributed by atoms with Gasteiger partial charge >= 0.3 is 0 Å². The highest BCUT2D eigenvalue weighted by molar-refractivity contribution is 5.94. The molecule has 1 amide bonds. The predicted octanol–water partition coefficient (Wildman–Crippen LogP) is 3.60. The molecule has 7 heteroatoms. The van der Waals surface area contributed by atoms with Crippen LogP contribution in [0.1, 0.15) is 48.3 Å². The maximum absolute atomic E-state index is 13.3. The van der Waals surface area contributed by atoms with Crippen LogP contribution in [0.5, 0.6) is 5.75 Å². The third-order valence-electron chi connectivity index (χ3n) is 5.85. The number of benzene rings is 2. The number of hydrogen-bond donors (Lipinski definition) is 0. The number of nitrogens with zero attached hydrogens (tertiary/aromatic N) is 5. The van der Waals surface area contributed by atoms with Crippen molar-refractivity contribution in [2.75, 3.05) is 14.2 Å². The fourth-order valence-electron chi connectivity index (χ4n) is 4.26. The Morgan fingerprint density at radius 3 is 2.45 bits per heavy atom. The van der Waals surface area contributed by atoms with Crippen LogP contribution in [0.4, 0.5) is 0 Å². The summed E-state index contributed by atoms with van der Waals surface area (Å²) in [5.41, 5.74) is 0.854. The van der Waals surface area contributed by atoms with E-state index in [1.165, 1.54) is 0 Å². The van der Waals surface area contributed by atoms with Crippen molar-refractivity contribution in [1.82, 2.24) is 25.1 Å². The normalized spacial score (nSPS) is 15.7. The first-order valence-electron chi connectivity index (χ1n) is 9.93. The topological polar surface area (TPSA) is 73.1 Å². The van der Waals surface area contributed by atoms with Crippen LogP contribution in [0.25, 0.3) is 5.69 Å². The molecule has 0 bridgehead atoms. The zero-order chi connectivity index (χ0) is 20.3. The number of carbonyl (C=O) groups excluding carboxylic acids is 1. The molecule has 0 saturated heterocycles. The van der Waals surface area contributed by atoms with E-state index in [0.29, 0.717) is 17.1 Å². The Bertz CT molecular complexity index is 980. The highest BCUT2D eigenvalue weighted by Crippen LogP contribution is 2.42. The molecule has 1 aliphatic carbocycles. The van der Waals surface area contributed by atoms with Crippen LogP contribution in [0.2, 0.25) is 0 Å². The van der Waals surface area contributed by atoms with Gasteiger partial charge in [0.05, 0.1) is 7.11 Å². The average Bonchev–Trinajstić information content (AvgIpc) is 3.29. The number of aromatic nitrogens is 4. The summed E-state index contributed by atoms with van der Waals surface area (Å²) in [7, 11) is 3.49. The Kier molecular flexibility index (Phi) is 5.29. The number of hydrogen-bond acceptors (Lipinski definition) is 5. The van der Waals surface area contributed by atoms with Gasteiger partial charge in [0, 0.05) is 12.6 Å². The molecular formula is C22H25N5O2. The van der Waals surface area contributed by atoms with E-state index in [1.807, 2.05) is 66.5 Å². The van der Waals surface area contributed by atoms with Crippen LogP contribution in [-0.4, -0.2) is 45.2 Å². The summed E-state index contributed by atoms with van der Waals surface area (Å²) in [6, 6.07) is 17.0. The van der Waals surface area contributed by atoms with E-state index >= 15 is 0 Å². The van der Waals surface area contributed by atoms with Gasteiger partial charge in [-0.25, -0.2) is 0 Å². The lowest BCUT2D eigenvalue weighted by Gasteiger charge is -2.43. The SMILES string of the molecule is COc1ccccc1-n1nnnc1C1(N(C)C(=O)c2ccccc2)CCCCC1. The lowest BCUT2D eigenvalue weighted by Crippen LogP contribution is -2.50. The lowest BCUT2D eigenvalue weighted by molar-refractivity contribution is 0.0386. The molecule has 0 unspecified atom stereocenters. The van der Waals surface area contributed by atoms with Crippen LogP contribution in [0.3, 0.4) is 0 Å². The zero-order valence-corrected chi connectivity index (χ0v) is 16.8. The molecule has 7 nitrogen and oxygen atoms in total. The van der Waals surface area contributed by atoms with E-state index in [1.54, 1.807) is 11.8 Å². The minimum absolute atomic E-state index is 0.0259. The third kappa shape index (κ3) is 3.37. The maximum Gasteiger partial charge on any atom is 0.254 e. The molecule has 2 aromatic carbocycles. The highest BCUT2D eigenvalue weighted by Gasteiger charge is 2.45. The van der Waals surface area contributed by atoms with Gasteiger partial charge < -0.3 is 9.64 Å². The van der Waals surface area contributed by atoms with Gasteiger partial charge in [-0.15, -0.1) is 5.10 Å². The summed E-state index contributed by atoms with van der Waals surface area (Å²) in [5, 5.41) is 12.7. The first-order valence-corrected chi connectivity index (χ1v) is 9.93. The maximum atomic E-state index is 13.3. The summed E-state index contributed by atoms with van der Waals surface area (Å²) >= 11 is 0. The molecule has 1 aromatic heterocycles. The molecule has 0 N–H and O–H groups in total. The molecule has 3 aromatic rings. The average molecular weight is 391 g/mol. The summed E-state index contributed by atoms with van der Waals surface area (Å²) in [6.45, 7) is 0. The molecule has 0 aliphatic heterocycles. The van der Waals surface area contributed by atoms with Crippen molar-refractivity contribution >= 4 is 5.91 Å². The van der Waals surface area contributed by atoms with Gasteiger partial charge in [-0.1, -0.05) is 49.6 Å². The number of amides is 1. The molecule has 1 saturated carbocycles. The number of para-hydroxylation sites is 2. The minimum atomic E-state index is -0.574. The van der Waals surface area contributed by atoms with Crippen molar-refractivity contribution in [3.8, 4) is 11.4 Å². The molecule has 1 heterocycles. The molecule has 1 aliphatic rings. The second-order valence-corrected chi connectivity index (χ2v) is 7.41. The number of methoxy groups -OCH3 is 1. The van der Waals surface area contributed by atoms with Gasteiger partial charge in [0.2, 0.25) is 0 Å². The number of rotatable bonds is 5. The van der Waals surface area contributed by atoms with Crippen LogP contribution in [-0.2, 0) is 5.54 Å².